The summed E-state index contributed by atoms with van der Waals surface area (Å²) in [6.45, 7) is 0.573. The Balaban J connectivity index is 2.30. The van der Waals surface area contributed by atoms with Gasteiger partial charge in [-0.1, -0.05) is 12.1 Å². The van der Waals surface area contributed by atoms with E-state index >= 15 is 0 Å². The molecular weight excluding hydrogens is 188 g/mol. The number of hydrogen-bond acceptors (Lipinski definition) is 2. The van der Waals surface area contributed by atoms with Gasteiger partial charge in [0.25, 0.3) is 0 Å². The number of terminal acetylenes is 1. The number of carbonyl (C=O) groups is 1. The highest BCUT2D eigenvalue weighted by Crippen LogP contribution is 2.28. The number of rotatable bonds is 1. The van der Waals surface area contributed by atoms with Gasteiger partial charge in [0, 0.05) is 18.9 Å². The van der Waals surface area contributed by atoms with Gasteiger partial charge in [0.2, 0.25) is 5.91 Å². The van der Waals surface area contributed by atoms with Crippen LogP contribution in [0.5, 0.6) is 0 Å². The molecule has 3 heteroatoms. The SMILES string of the molecule is C#CC1CC(=O)N(c2ccccc2N)C1. The van der Waals surface area contributed by atoms with Gasteiger partial charge < -0.3 is 10.6 Å². The van der Waals surface area contributed by atoms with E-state index in [-0.39, 0.29) is 11.8 Å². The summed E-state index contributed by atoms with van der Waals surface area (Å²) in [5, 5.41) is 0. The van der Waals surface area contributed by atoms with Gasteiger partial charge in [0.05, 0.1) is 11.4 Å². The maximum atomic E-state index is 11.7. The van der Waals surface area contributed by atoms with Crippen molar-refractivity contribution in [2.24, 2.45) is 5.92 Å². The van der Waals surface area contributed by atoms with Crippen LogP contribution in [0, 0.1) is 18.3 Å². The Morgan fingerprint density at radius 3 is 2.80 bits per heavy atom. The molecular formula is C12H12N2O. The zero-order valence-corrected chi connectivity index (χ0v) is 8.31. The molecule has 1 fully saturated rings. The summed E-state index contributed by atoms with van der Waals surface area (Å²) in [7, 11) is 0. The van der Waals surface area contributed by atoms with Crippen LogP contribution < -0.4 is 10.6 Å². The molecule has 1 saturated heterocycles. The second kappa shape index (κ2) is 3.66. The van der Waals surface area contributed by atoms with Crippen LogP contribution >= 0.6 is 0 Å². The van der Waals surface area contributed by atoms with Crippen molar-refractivity contribution in [2.45, 2.75) is 6.42 Å². The van der Waals surface area contributed by atoms with Crippen LogP contribution in [0.3, 0.4) is 0 Å². The van der Waals surface area contributed by atoms with Crippen molar-refractivity contribution < 1.29 is 4.79 Å². The standard InChI is InChI=1S/C12H12N2O/c1-2-9-7-12(15)14(8-9)11-6-4-3-5-10(11)13/h1,3-6,9H,7-8,13H2. The van der Waals surface area contributed by atoms with E-state index in [1.165, 1.54) is 0 Å². The number of para-hydroxylation sites is 2. The molecule has 0 aliphatic carbocycles. The first-order chi connectivity index (χ1) is 7.22. The largest absolute Gasteiger partial charge is 0.397 e. The first-order valence-corrected chi connectivity index (χ1v) is 4.83. The van der Waals surface area contributed by atoms with Gasteiger partial charge in [-0.05, 0) is 12.1 Å². The van der Waals surface area contributed by atoms with Gasteiger partial charge >= 0.3 is 0 Å². The van der Waals surface area contributed by atoms with Crippen LogP contribution in [-0.4, -0.2) is 12.5 Å². The van der Waals surface area contributed by atoms with Gasteiger partial charge in [-0.3, -0.25) is 4.79 Å². The Morgan fingerprint density at radius 2 is 2.20 bits per heavy atom. The third-order valence-electron chi connectivity index (χ3n) is 2.59. The number of benzene rings is 1. The zero-order valence-electron chi connectivity index (χ0n) is 8.31. The van der Waals surface area contributed by atoms with Crippen LogP contribution in [0.2, 0.25) is 0 Å². The first-order valence-electron chi connectivity index (χ1n) is 4.83. The Morgan fingerprint density at radius 1 is 1.47 bits per heavy atom. The second-order valence-electron chi connectivity index (χ2n) is 3.63. The summed E-state index contributed by atoms with van der Waals surface area (Å²) in [6.07, 6.45) is 5.74. The highest BCUT2D eigenvalue weighted by molar-refractivity contribution is 5.98. The van der Waals surface area contributed by atoms with Crippen molar-refractivity contribution in [1.82, 2.24) is 0 Å². The van der Waals surface area contributed by atoms with E-state index in [1.807, 2.05) is 18.2 Å². The molecule has 2 rings (SSSR count). The smallest absolute Gasteiger partial charge is 0.228 e. The number of carbonyl (C=O) groups excluding carboxylic acids is 1. The summed E-state index contributed by atoms with van der Waals surface area (Å²) in [6, 6.07) is 7.33. The number of nitrogens with zero attached hydrogens (tertiary/aromatic N) is 1. The minimum Gasteiger partial charge on any atom is -0.397 e. The molecule has 1 aliphatic heterocycles. The van der Waals surface area contributed by atoms with Gasteiger partial charge in [0.15, 0.2) is 0 Å². The summed E-state index contributed by atoms with van der Waals surface area (Å²) < 4.78 is 0. The van der Waals surface area contributed by atoms with Crippen LogP contribution in [0.25, 0.3) is 0 Å². The van der Waals surface area contributed by atoms with Crippen molar-refractivity contribution in [3.63, 3.8) is 0 Å². The molecule has 1 unspecified atom stereocenters. The average Bonchev–Trinajstić information content (AvgIpc) is 2.60. The number of hydrogen-bond donors (Lipinski definition) is 1. The van der Waals surface area contributed by atoms with E-state index in [4.69, 9.17) is 12.2 Å². The molecule has 2 N–H and O–H groups in total. The van der Waals surface area contributed by atoms with E-state index in [2.05, 4.69) is 5.92 Å². The summed E-state index contributed by atoms with van der Waals surface area (Å²) >= 11 is 0. The number of anilines is 2. The molecule has 3 nitrogen and oxygen atoms in total. The molecule has 1 amide bonds. The molecule has 0 saturated carbocycles. The lowest BCUT2D eigenvalue weighted by atomic mass is 10.1. The van der Waals surface area contributed by atoms with Crippen molar-refractivity contribution in [2.75, 3.05) is 17.2 Å². The minimum atomic E-state index is 0.0112. The fourth-order valence-electron chi connectivity index (χ4n) is 1.79. The third-order valence-corrected chi connectivity index (χ3v) is 2.59. The highest BCUT2D eigenvalue weighted by Gasteiger charge is 2.30. The average molecular weight is 200 g/mol. The number of nitrogen functional groups attached to an aromatic ring is 1. The molecule has 0 aromatic heterocycles. The van der Waals surface area contributed by atoms with E-state index in [1.54, 1.807) is 11.0 Å². The van der Waals surface area contributed by atoms with E-state index in [0.717, 1.165) is 5.69 Å². The quantitative estimate of drug-likeness (QED) is 0.548. The van der Waals surface area contributed by atoms with Gasteiger partial charge in [0.1, 0.15) is 0 Å². The summed E-state index contributed by atoms with van der Waals surface area (Å²) in [5.74, 6) is 2.67. The van der Waals surface area contributed by atoms with E-state index in [9.17, 15) is 4.79 Å². The molecule has 0 spiro atoms. The molecule has 0 radical (unpaired) electrons. The fourth-order valence-corrected chi connectivity index (χ4v) is 1.79. The lowest BCUT2D eigenvalue weighted by Crippen LogP contribution is -2.25. The molecule has 1 aliphatic rings. The fraction of sp³-hybridized carbons (Fsp3) is 0.250. The monoisotopic (exact) mass is 200 g/mol. The van der Waals surface area contributed by atoms with Crippen LogP contribution in [0.15, 0.2) is 24.3 Å². The lowest BCUT2D eigenvalue weighted by molar-refractivity contribution is -0.117. The molecule has 1 heterocycles. The summed E-state index contributed by atoms with van der Waals surface area (Å²) in [5.41, 5.74) is 7.18. The van der Waals surface area contributed by atoms with Crippen LogP contribution in [-0.2, 0) is 4.79 Å². The molecule has 15 heavy (non-hydrogen) atoms. The van der Waals surface area contributed by atoms with Gasteiger partial charge in [-0.25, -0.2) is 0 Å². The predicted molar refractivity (Wildman–Crippen MR) is 60.1 cm³/mol. The predicted octanol–water partition coefficient (Wildman–Crippen LogP) is 1.25. The van der Waals surface area contributed by atoms with Crippen molar-refractivity contribution in [3.8, 4) is 12.3 Å². The normalized spacial score (nSPS) is 20.3. The van der Waals surface area contributed by atoms with Crippen molar-refractivity contribution in [1.29, 1.82) is 0 Å². The molecule has 1 aromatic carbocycles. The highest BCUT2D eigenvalue weighted by atomic mass is 16.2. The molecule has 76 valence electrons. The lowest BCUT2D eigenvalue weighted by Gasteiger charge is -2.17. The molecule has 1 aromatic rings. The zero-order chi connectivity index (χ0) is 10.8. The maximum absolute atomic E-state index is 11.7. The van der Waals surface area contributed by atoms with Crippen molar-refractivity contribution >= 4 is 17.3 Å². The molecule has 0 bridgehead atoms. The van der Waals surface area contributed by atoms with E-state index < -0.39 is 0 Å². The number of nitrogens with two attached hydrogens (primary N) is 1. The minimum absolute atomic E-state index is 0.0112. The summed E-state index contributed by atoms with van der Waals surface area (Å²) in [4.78, 5) is 13.3. The Hall–Kier alpha value is -1.95. The van der Waals surface area contributed by atoms with Gasteiger partial charge in [-0.15, -0.1) is 12.3 Å². The van der Waals surface area contributed by atoms with Crippen LogP contribution in [0.4, 0.5) is 11.4 Å². The molecule has 1 atom stereocenters. The second-order valence-corrected chi connectivity index (χ2v) is 3.63. The topological polar surface area (TPSA) is 46.3 Å². The van der Waals surface area contributed by atoms with Gasteiger partial charge in [-0.2, -0.15) is 0 Å². The van der Waals surface area contributed by atoms with E-state index in [0.29, 0.717) is 18.7 Å². The maximum Gasteiger partial charge on any atom is 0.228 e. The Bertz CT molecular complexity index is 433. The Kier molecular flexibility index (Phi) is 2.34. The Labute approximate surface area is 88.9 Å². The van der Waals surface area contributed by atoms with Crippen LogP contribution in [0.1, 0.15) is 6.42 Å². The first kappa shape index (κ1) is 9.60. The van der Waals surface area contributed by atoms with Crippen molar-refractivity contribution in [3.05, 3.63) is 24.3 Å². The number of amides is 1. The third kappa shape index (κ3) is 1.66.